The highest BCUT2D eigenvalue weighted by atomic mass is 35.5. The number of benzene rings is 2. The minimum Gasteiger partial charge on any atom is -0.378 e. The van der Waals surface area contributed by atoms with E-state index in [1.54, 1.807) is 35.5 Å². The number of aromatic nitrogens is 1. The van der Waals surface area contributed by atoms with Crippen LogP contribution in [0.25, 0.3) is 0 Å². The fourth-order valence-electron chi connectivity index (χ4n) is 3.96. The summed E-state index contributed by atoms with van der Waals surface area (Å²) in [6, 6.07) is 15.9. The van der Waals surface area contributed by atoms with Crippen LogP contribution < -0.4 is 15.1 Å². The summed E-state index contributed by atoms with van der Waals surface area (Å²) in [4.78, 5) is 36.0. The van der Waals surface area contributed by atoms with E-state index in [2.05, 4.69) is 10.3 Å². The maximum absolute atomic E-state index is 13.6. The first-order valence-corrected chi connectivity index (χ1v) is 11.9. The summed E-state index contributed by atoms with van der Waals surface area (Å²) in [5, 5.41) is 3.82. The number of carbonyl (C=O) groups excluding carboxylic acids is 2. The Morgan fingerprint density at radius 1 is 1.11 bits per heavy atom. The average Bonchev–Trinajstić information content (AvgIpc) is 3.06. The Bertz CT molecular complexity index is 1250. The molecule has 9 heteroatoms. The van der Waals surface area contributed by atoms with Gasteiger partial charge >= 0.3 is 0 Å². The van der Waals surface area contributed by atoms with Crippen LogP contribution in [0.5, 0.6) is 0 Å². The van der Waals surface area contributed by atoms with Crippen LogP contribution >= 0.6 is 23.8 Å². The zero-order valence-corrected chi connectivity index (χ0v) is 21.3. The summed E-state index contributed by atoms with van der Waals surface area (Å²) < 4.78 is 0. The first-order valence-electron chi connectivity index (χ1n) is 11.1. The molecule has 35 heavy (non-hydrogen) atoms. The van der Waals surface area contributed by atoms with Crippen molar-refractivity contribution in [2.24, 2.45) is 0 Å². The number of carbonyl (C=O) groups is 2. The maximum atomic E-state index is 13.6. The second-order valence-corrected chi connectivity index (χ2v) is 9.30. The van der Waals surface area contributed by atoms with Gasteiger partial charge in [0.25, 0.3) is 5.91 Å². The minimum atomic E-state index is -0.747. The van der Waals surface area contributed by atoms with Gasteiger partial charge in [-0.2, -0.15) is 0 Å². The molecule has 2 aromatic carbocycles. The highest BCUT2D eigenvalue weighted by Gasteiger charge is 2.44. The molecule has 0 saturated carbocycles. The van der Waals surface area contributed by atoms with Gasteiger partial charge in [-0.05, 0) is 78.8 Å². The number of halogens is 1. The number of amides is 2. The van der Waals surface area contributed by atoms with Gasteiger partial charge in [0.05, 0.1) is 12.1 Å². The second kappa shape index (κ2) is 10.4. The minimum absolute atomic E-state index is 0.0533. The molecule has 0 spiro atoms. The van der Waals surface area contributed by atoms with Gasteiger partial charge < -0.3 is 15.1 Å². The van der Waals surface area contributed by atoms with Crippen molar-refractivity contribution >= 4 is 57.8 Å². The third-order valence-corrected chi connectivity index (χ3v) is 6.79. The molecule has 2 heterocycles. The lowest BCUT2D eigenvalue weighted by Crippen LogP contribution is -2.37. The number of hydrogen-bond donors (Lipinski definition) is 1. The van der Waals surface area contributed by atoms with E-state index < -0.39 is 6.04 Å². The molecular formula is C26H26ClN5O2S. The molecule has 7 nitrogen and oxygen atoms in total. The first kappa shape index (κ1) is 24.6. The molecule has 0 aliphatic carbocycles. The number of hydrogen-bond acceptors (Lipinski definition) is 5. The van der Waals surface area contributed by atoms with Crippen LogP contribution in [0.1, 0.15) is 17.5 Å². The molecule has 1 unspecified atom stereocenters. The van der Waals surface area contributed by atoms with E-state index in [4.69, 9.17) is 23.8 Å². The molecule has 3 aromatic rings. The lowest BCUT2D eigenvalue weighted by Gasteiger charge is -2.24. The van der Waals surface area contributed by atoms with E-state index in [1.165, 1.54) is 4.90 Å². The van der Waals surface area contributed by atoms with Crippen LogP contribution in [0.2, 0.25) is 5.02 Å². The van der Waals surface area contributed by atoms with E-state index in [9.17, 15) is 9.59 Å². The summed E-state index contributed by atoms with van der Waals surface area (Å²) >= 11 is 12.0. The highest BCUT2D eigenvalue weighted by molar-refractivity contribution is 7.80. The van der Waals surface area contributed by atoms with Crippen molar-refractivity contribution in [2.45, 2.75) is 25.9 Å². The molecule has 1 aliphatic heterocycles. The van der Waals surface area contributed by atoms with E-state index in [1.807, 2.05) is 62.3 Å². The smallest absolute Gasteiger partial charge is 0.256 e. The van der Waals surface area contributed by atoms with Crippen LogP contribution in [0.4, 0.5) is 17.1 Å². The third-order valence-electron chi connectivity index (χ3n) is 5.97. The summed E-state index contributed by atoms with van der Waals surface area (Å²) in [5.74, 6) is -0.527. The Morgan fingerprint density at radius 3 is 2.46 bits per heavy atom. The number of thiocarbonyl (C=S) groups is 1. The summed E-state index contributed by atoms with van der Waals surface area (Å²) in [6.45, 7) is 2.22. The largest absolute Gasteiger partial charge is 0.378 e. The monoisotopic (exact) mass is 507 g/mol. The molecule has 0 radical (unpaired) electrons. The third kappa shape index (κ3) is 5.28. The van der Waals surface area contributed by atoms with Crippen LogP contribution in [0, 0.1) is 6.92 Å². The van der Waals surface area contributed by atoms with Gasteiger partial charge in [-0.1, -0.05) is 17.7 Å². The molecule has 1 N–H and O–H groups in total. The van der Waals surface area contributed by atoms with Gasteiger partial charge in [-0.15, -0.1) is 0 Å². The van der Waals surface area contributed by atoms with Gasteiger partial charge in [-0.25, -0.2) is 0 Å². The van der Waals surface area contributed by atoms with Crippen molar-refractivity contribution in [3.8, 4) is 0 Å². The number of nitrogens with zero attached hydrogens (tertiary/aromatic N) is 4. The number of pyridine rings is 1. The van der Waals surface area contributed by atoms with Crippen molar-refractivity contribution in [3.63, 3.8) is 0 Å². The topological polar surface area (TPSA) is 68.8 Å². The molecule has 0 bridgehead atoms. The summed E-state index contributed by atoms with van der Waals surface area (Å²) in [6.07, 6.45) is 3.33. The van der Waals surface area contributed by atoms with Gasteiger partial charge in [0.2, 0.25) is 5.91 Å². The van der Waals surface area contributed by atoms with Crippen molar-refractivity contribution in [3.05, 3.63) is 83.1 Å². The van der Waals surface area contributed by atoms with Crippen molar-refractivity contribution in [2.75, 3.05) is 29.2 Å². The van der Waals surface area contributed by atoms with Gasteiger partial charge in [0.1, 0.15) is 6.04 Å². The predicted octanol–water partition coefficient (Wildman–Crippen LogP) is 4.64. The predicted molar refractivity (Wildman–Crippen MR) is 144 cm³/mol. The Kier molecular flexibility index (Phi) is 7.33. The molecule has 4 rings (SSSR count). The molecule has 1 aromatic heterocycles. The fraction of sp³-hybridized carbons (Fsp3) is 0.231. The zero-order valence-electron chi connectivity index (χ0n) is 19.7. The summed E-state index contributed by atoms with van der Waals surface area (Å²) in [5.41, 5.74) is 4.00. The molecule has 1 saturated heterocycles. The van der Waals surface area contributed by atoms with E-state index in [0.717, 1.165) is 16.8 Å². The fourth-order valence-corrected chi connectivity index (χ4v) is 4.52. The molecule has 180 valence electrons. The van der Waals surface area contributed by atoms with E-state index in [-0.39, 0.29) is 18.2 Å². The van der Waals surface area contributed by atoms with Crippen molar-refractivity contribution in [1.29, 1.82) is 0 Å². The maximum Gasteiger partial charge on any atom is 0.256 e. The van der Waals surface area contributed by atoms with Crippen molar-refractivity contribution < 1.29 is 9.59 Å². The Labute approximate surface area is 215 Å². The van der Waals surface area contributed by atoms with Gasteiger partial charge in [0, 0.05) is 49.4 Å². The standard InChI is InChI=1S/C26H26ClN5O2S/c1-17-21(27)5-4-6-22(17)29-24(33)15-23-25(34)32(20-9-7-19(8-10-20)30(2)3)26(35)31(23)16-18-11-13-28-14-12-18/h4-14,23H,15-16H2,1-3H3,(H,29,33). The number of rotatable bonds is 7. The summed E-state index contributed by atoms with van der Waals surface area (Å²) in [7, 11) is 3.90. The highest BCUT2D eigenvalue weighted by Crippen LogP contribution is 2.30. The number of nitrogens with one attached hydrogen (secondary N) is 1. The van der Waals surface area contributed by atoms with Crippen LogP contribution in [0.15, 0.2) is 67.0 Å². The Balaban J connectivity index is 1.61. The Hall–Kier alpha value is -3.49. The van der Waals surface area contributed by atoms with Crippen molar-refractivity contribution in [1.82, 2.24) is 9.88 Å². The Morgan fingerprint density at radius 2 is 1.80 bits per heavy atom. The SMILES string of the molecule is Cc1c(Cl)cccc1NC(=O)CC1C(=O)N(c2ccc(N(C)C)cc2)C(=S)N1Cc1ccncc1. The lowest BCUT2D eigenvalue weighted by atomic mass is 10.1. The van der Waals surface area contributed by atoms with E-state index in [0.29, 0.717) is 28.1 Å². The molecule has 1 fully saturated rings. The van der Waals surface area contributed by atoms with Crippen LogP contribution in [0.3, 0.4) is 0 Å². The number of anilines is 3. The second-order valence-electron chi connectivity index (χ2n) is 8.53. The van der Waals surface area contributed by atoms with Crippen LogP contribution in [-0.2, 0) is 16.1 Å². The zero-order chi connectivity index (χ0) is 25.1. The van der Waals surface area contributed by atoms with Gasteiger partial charge in [-0.3, -0.25) is 19.5 Å². The molecule has 1 atom stereocenters. The van der Waals surface area contributed by atoms with Crippen LogP contribution in [-0.4, -0.2) is 46.9 Å². The lowest BCUT2D eigenvalue weighted by molar-refractivity contribution is -0.124. The molecule has 2 amide bonds. The van der Waals surface area contributed by atoms with Gasteiger partial charge in [0.15, 0.2) is 5.11 Å². The first-order chi connectivity index (χ1) is 16.8. The average molecular weight is 508 g/mol. The van der Waals surface area contributed by atoms with E-state index >= 15 is 0 Å². The quantitative estimate of drug-likeness (QED) is 0.470. The molecule has 1 aliphatic rings. The molecular weight excluding hydrogens is 482 g/mol. The normalized spacial score (nSPS) is 15.5.